The molecular weight excluding hydrogens is 264 g/mol. The summed E-state index contributed by atoms with van der Waals surface area (Å²) < 4.78 is 9.94. The summed E-state index contributed by atoms with van der Waals surface area (Å²) >= 11 is 3.46. The maximum absolute atomic E-state index is 11.2. The van der Waals surface area contributed by atoms with Crippen LogP contribution in [0.1, 0.15) is 22.5 Å². The second-order valence-electron chi connectivity index (χ2n) is 3.93. The lowest BCUT2D eigenvalue weighted by Gasteiger charge is -2.00. The molecule has 0 unspecified atom stereocenters. The molecule has 1 heterocycles. The molecule has 0 fully saturated rings. The van der Waals surface area contributed by atoms with Crippen LogP contribution < -0.4 is 0 Å². The summed E-state index contributed by atoms with van der Waals surface area (Å²) in [5.41, 5.74) is 1.28. The lowest BCUT2D eigenvalue weighted by atomic mass is 10.1. The van der Waals surface area contributed by atoms with E-state index in [2.05, 4.69) is 17.1 Å². The van der Waals surface area contributed by atoms with Crippen LogP contribution in [0.4, 0.5) is 0 Å². The van der Waals surface area contributed by atoms with Gasteiger partial charge in [-0.1, -0.05) is 12.1 Å². The fourth-order valence-electron chi connectivity index (χ4n) is 1.69. The Morgan fingerprint density at radius 1 is 1.21 bits per heavy atom. The van der Waals surface area contributed by atoms with E-state index in [0.717, 1.165) is 17.6 Å². The summed E-state index contributed by atoms with van der Waals surface area (Å²) in [5, 5.41) is 0. The second-order valence-corrected chi connectivity index (χ2v) is 4.11. The van der Waals surface area contributed by atoms with E-state index < -0.39 is 5.97 Å². The van der Waals surface area contributed by atoms with Gasteiger partial charge < -0.3 is 13.4 Å². The third kappa shape index (κ3) is 3.26. The van der Waals surface area contributed by atoms with E-state index in [9.17, 15) is 9.59 Å². The number of hydrogen-bond acceptors (Lipinski definition) is 5. The van der Waals surface area contributed by atoms with E-state index in [-0.39, 0.29) is 0 Å². The molecule has 1 aromatic carbocycles. The quantitative estimate of drug-likeness (QED) is 0.518. The zero-order valence-electron chi connectivity index (χ0n) is 10.0. The molecule has 19 heavy (non-hydrogen) atoms. The van der Waals surface area contributed by atoms with Crippen molar-refractivity contribution >= 4 is 25.2 Å². The van der Waals surface area contributed by atoms with Crippen molar-refractivity contribution in [1.82, 2.24) is 0 Å². The summed E-state index contributed by atoms with van der Waals surface area (Å²) in [6.45, 7) is 0. The van der Waals surface area contributed by atoms with E-state index in [1.165, 1.54) is 0 Å². The highest BCUT2D eigenvalue weighted by atomic mass is 32.1. The lowest BCUT2D eigenvalue weighted by Crippen LogP contribution is -1.97. The Balaban J connectivity index is 2.15. The molecule has 0 spiro atoms. The first kappa shape index (κ1) is 13.4. The van der Waals surface area contributed by atoms with Gasteiger partial charge in [-0.3, -0.25) is 0 Å². The minimum absolute atomic E-state index is 0.423. The number of furan rings is 1. The van der Waals surface area contributed by atoms with E-state index in [4.69, 9.17) is 4.42 Å². The second kappa shape index (κ2) is 6.24. The average Bonchev–Trinajstić information content (AvgIpc) is 2.93. The minimum atomic E-state index is -0.499. The predicted octanol–water partition coefficient (Wildman–Crippen LogP) is 3.08. The highest BCUT2D eigenvalue weighted by molar-refractivity contribution is 7.75. The molecule has 0 aliphatic heterocycles. The third-order valence-electron chi connectivity index (χ3n) is 2.66. The summed E-state index contributed by atoms with van der Waals surface area (Å²) in [5.74, 6) is 0.966. The third-order valence-corrected chi connectivity index (χ3v) is 2.82. The van der Waals surface area contributed by atoms with E-state index in [1.807, 2.05) is 12.1 Å². The number of hydrogen-bond donors (Lipinski definition) is 1. The van der Waals surface area contributed by atoms with Gasteiger partial charge >= 0.3 is 5.97 Å². The SMILES string of the molecule is O=CCCc1ccc(-c2ccc(C(=O)OS)cc2)o1. The van der Waals surface area contributed by atoms with Crippen molar-refractivity contribution in [2.45, 2.75) is 12.8 Å². The summed E-state index contributed by atoms with van der Waals surface area (Å²) in [6.07, 6.45) is 1.90. The molecule has 0 saturated heterocycles. The molecule has 0 amide bonds. The molecule has 2 rings (SSSR count). The van der Waals surface area contributed by atoms with Crippen molar-refractivity contribution in [2.24, 2.45) is 0 Å². The van der Waals surface area contributed by atoms with Gasteiger partial charge in [0.15, 0.2) is 0 Å². The van der Waals surface area contributed by atoms with Crippen LogP contribution in [0.3, 0.4) is 0 Å². The Kier molecular flexibility index (Phi) is 4.41. The van der Waals surface area contributed by atoms with Crippen LogP contribution in [-0.2, 0) is 15.4 Å². The van der Waals surface area contributed by atoms with Gasteiger partial charge in [0.1, 0.15) is 17.8 Å². The first-order chi connectivity index (χ1) is 9.24. The van der Waals surface area contributed by atoms with Crippen molar-refractivity contribution in [3.05, 3.63) is 47.7 Å². The van der Waals surface area contributed by atoms with E-state index in [1.54, 1.807) is 24.3 Å². The van der Waals surface area contributed by atoms with Crippen LogP contribution in [0.2, 0.25) is 0 Å². The molecular formula is C14H12O4S. The van der Waals surface area contributed by atoms with Crippen LogP contribution in [-0.4, -0.2) is 12.3 Å². The summed E-state index contributed by atoms with van der Waals surface area (Å²) in [7, 11) is 0. The maximum atomic E-state index is 11.2. The fourth-order valence-corrected chi connectivity index (χ4v) is 1.80. The van der Waals surface area contributed by atoms with Crippen LogP contribution >= 0.6 is 12.9 Å². The molecule has 4 nitrogen and oxygen atoms in total. The van der Waals surface area contributed by atoms with Gasteiger partial charge in [0.2, 0.25) is 0 Å². The Hall–Kier alpha value is -2.01. The fraction of sp³-hybridized carbons (Fsp3) is 0.143. The highest BCUT2D eigenvalue weighted by Gasteiger charge is 2.08. The number of carbonyl (C=O) groups excluding carboxylic acids is 2. The predicted molar refractivity (Wildman–Crippen MR) is 72.9 cm³/mol. The van der Waals surface area contributed by atoms with Crippen molar-refractivity contribution in [2.75, 3.05) is 0 Å². The van der Waals surface area contributed by atoms with Crippen molar-refractivity contribution in [3.63, 3.8) is 0 Å². The van der Waals surface area contributed by atoms with Gasteiger partial charge in [0.25, 0.3) is 0 Å². The Morgan fingerprint density at radius 3 is 2.58 bits per heavy atom. The van der Waals surface area contributed by atoms with Gasteiger partial charge in [0.05, 0.1) is 5.56 Å². The van der Waals surface area contributed by atoms with E-state index >= 15 is 0 Å². The molecule has 0 saturated carbocycles. The number of thiol groups is 1. The Labute approximate surface area is 116 Å². The topological polar surface area (TPSA) is 56.5 Å². The molecule has 98 valence electrons. The van der Waals surface area contributed by atoms with Crippen LogP contribution in [0.15, 0.2) is 40.8 Å². The molecule has 1 aromatic heterocycles. The Bertz CT molecular complexity index is 571. The van der Waals surface area contributed by atoms with Gasteiger partial charge in [-0.05, 0) is 24.3 Å². The van der Waals surface area contributed by atoms with Crippen molar-refractivity contribution in [3.8, 4) is 11.3 Å². The number of aldehydes is 1. The standard InChI is InChI=1S/C14H12O4S/c15-9-1-2-12-7-8-13(17-12)10-3-5-11(6-4-10)14(16)18-19/h3-9,19H,1-2H2. The van der Waals surface area contributed by atoms with Gasteiger partial charge in [0, 0.05) is 31.3 Å². The molecule has 2 aromatic rings. The molecule has 0 aliphatic rings. The van der Waals surface area contributed by atoms with Gasteiger partial charge in [-0.25, -0.2) is 4.79 Å². The summed E-state index contributed by atoms with van der Waals surface area (Å²) in [4.78, 5) is 21.5. The van der Waals surface area contributed by atoms with Crippen molar-refractivity contribution < 1.29 is 18.2 Å². The number of rotatable bonds is 5. The molecule has 0 aliphatic carbocycles. The van der Waals surface area contributed by atoms with Crippen LogP contribution in [0, 0.1) is 0 Å². The van der Waals surface area contributed by atoms with Crippen molar-refractivity contribution in [1.29, 1.82) is 0 Å². The first-order valence-electron chi connectivity index (χ1n) is 5.73. The minimum Gasteiger partial charge on any atom is -0.461 e. The lowest BCUT2D eigenvalue weighted by molar-refractivity contribution is -0.107. The average molecular weight is 276 g/mol. The molecule has 0 atom stereocenters. The zero-order chi connectivity index (χ0) is 13.7. The van der Waals surface area contributed by atoms with Gasteiger partial charge in [-0.15, -0.1) is 0 Å². The first-order valence-corrected chi connectivity index (χ1v) is 6.09. The highest BCUT2D eigenvalue weighted by Crippen LogP contribution is 2.23. The molecule has 5 heteroatoms. The van der Waals surface area contributed by atoms with Crippen LogP contribution in [0.25, 0.3) is 11.3 Å². The zero-order valence-corrected chi connectivity index (χ0v) is 10.9. The van der Waals surface area contributed by atoms with E-state index in [0.29, 0.717) is 24.2 Å². The largest absolute Gasteiger partial charge is 0.461 e. The number of aryl methyl sites for hydroxylation is 1. The maximum Gasteiger partial charge on any atom is 0.349 e. The number of benzene rings is 1. The van der Waals surface area contributed by atoms with Crippen LogP contribution in [0.5, 0.6) is 0 Å². The normalized spacial score (nSPS) is 10.2. The molecule has 0 radical (unpaired) electrons. The van der Waals surface area contributed by atoms with Gasteiger partial charge in [-0.2, -0.15) is 0 Å². The molecule has 0 bridgehead atoms. The summed E-state index contributed by atoms with van der Waals surface area (Å²) in [6, 6.07) is 10.5. The smallest absolute Gasteiger partial charge is 0.349 e. The number of carbonyl (C=O) groups is 2. The monoisotopic (exact) mass is 276 g/mol. The Morgan fingerprint density at radius 2 is 1.95 bits per heavy atom. The molecule has 0 N–H and O–H groups in total.